The molecule has 23 rings (SSSR count). The largest absolute Gasteiger partial charge is 0.507 e. The molecule has 140 heavy (non-hydrogen) atoms. The molecule has 0 aliphatic rings. The van der Waals surface area contributed by atoms with Crippen LogP contribution in [-0.4, -0.2) is 108 Å². The Balaban J connectivity index is 0.000000117. The fraction of sp³-hybridized carbons (Fsp3) is 0.155. The lowest BCUT2D eigenvalue weighted by molar-refractivity contribution is 0.217. The number of aromatic hydroxyl groups is 4. The quantitative estimate of drug-likeness (QED) is 0.0413. The highest BCUT2D eigenvalue weighted by Crippen LogP contribution is 2.45. The first-order valence-corrected chi connectivity index (χ1v) is 48.5. The first-order chi connectivity index (χ1) is 68.7. The fourth-order valence-corrected chi connectivity index (χ4v) is 19.8. The Labute approximate surface area is 814 Å². The van der Waals surface area contributed by atoms with E-state index >= 15 is 0 Å². The average Bonchev–Trinajstić information content (AvgIpc) is 1.59. The number of hydrogen-bond donors (Lipinski definition) is 4. The van der Waals surface area contributed by atoms with Crippen molar-refractivity contribution in [1.82, 2.24) is 59.8 Å². The van der Waals surface area contributed by atoms with E-state index in [9.17, 15) is 20.4 Å². The molecule has 0 radical (unpaired) electrons. The summed E-state index contributed by atoms with van der Waals surface area (Å²) in [6.45, 7) is 9.83. The number of phenolic OH excluding ortho intramolecular Hbond substituents is 4. The molecule has 4 N–H and O–H groups in total. The van der Waals surface area contributed by atoms with E-state index in [0.29, 0.717) is 93.9 Å². The first kappa shape index (κ1) is 91.1. The lowest BCUT2D eigenvalue weighted by atomic mass is 9.97. The molecule has 0 saturated carbocycles. The molecule has 24 heteroatoms. The van der Waals surface area contributed by atoms with E-state index in [1.807, 2.05) is 121 Å². The van der Waals surface area contributed by atoms with Gasteiger partial charge in [-0.2, -0.15) is 39.9 Å². The number of fused-ring (bicyclic) bond motifs is 15. The number of methoxy groups -OCH3 is 2. The number of rotatable bonds is 25. The van der Waals surface area contributed by atoms with Crippen molar-refractivity contribution in [3.63, 3.8) is 0 Å². The Morgan fingerprint density at radius 3 is 1.17 bits per heavy atom. The molecule has 8 aromatic heterocycles. The van der Waals surface area contributed by atoms with Crippen LogP contribution in [0.2, 0.25) is 0 Å². The standard InChI is InChI=1S/C39H35N3O3.C33H31N3O3.2C22H15N3O2S/c1-3-5-13-25(4-2)24-44-39-41-37(30-18-11-12-19-33(30)43)40-38(42-39)32-23-35-36(29-17-10-9-16-28(29)32)31-21-20-27(22-34(31)45-35)26-14-7-6-8-15-26;1-3-5-10-21(4-2)20-38-33-35-31(34-32(36-33)26-13-8-9-14-28(26)37)24-15-16-25-27-17-22-11-6-7-12-23(22)18-30(27)39-29(25)19-24;1-27-22-24-20(23-21(25-22)16-7-2-4-8-17(16)26)13-10-11-15-14-6-3-5-9-18(14)28-19(15)12-13;1-27-22-24-20(23-21(25-22)15-7-2-4-8-17(15)26)13-10-11-19-16(12-13)14-6-3-5-9-18(14)28-19/h6-12,14-23,25,43H,3-5,13,24H2,1-2H3;6-9,11-19,21,37H,3-5,10,20H2,1-2H3;2*2-12,26H,1H3. The van der Waals surface area contributed by atoms with Gasteiger partial charge < -0.3 is 48.2 Å². The molecule has 23 aromatic rings. The van der Waals surface area contributed by atoms with Crippen molar-refractivity contribution in [2.45, 2.75) is 79.1 Å². The van der Waals surface area contributed by atoms with Gasteiger partial charge in [0.05, 0.1) is 49.7 Å². The number of phenols is 4. The Morgan fingerprint density at radius 1 is 0.264 bits per heavy atom. The lowest BCUT2D eigenvalue weighted by Crippen LogP contribution is -2.13. The summed E-state index contributed by atoms with van der Waals surface area (Å²) >= 11 is 3.51. The molecule has 8 heterocycles. The number of para-hydroxylation sites is 4. The van der Waals surface area contributed by atoms with Crippen LogP contribution in [0, 0.1) is 11.8 Å². The number of hydrogen-bond acceptors (Lipinski definition) is 24. The van der Waals surface area contributed by atoms with Gasteiger partial charge in [-0.1, -0.05) is 254 Å². The highest BCUT2D eigenvalue weighted by Gasteiger charge is 2.25. The molecule has 15 aromatic carbocycles. The molecule has 0 bridgehead atoms. The Kier molecular flexibility index (Phi) is 26.7. The van der Waals surface area contributed by atoms with Gasteiger partial charge in [-0.05, 0) is 185 Å². The minimum absolute atomic E-state index is 0.0989. The topological polar surface area (TPSA) is 299 Å². The minimum Gasteiger partial charge on any atom is -0.507 e. The summed E-state index contributed by atoms with van der Waals surface area (Å²) in [6.07, 6.45) is 8.88. The van der Waals surface area contributed by atoms with Gasteiger partial charge >= 0.3 is 24.0 Å². The predicted molar refractivity (Wildman–Crippen MR) is 561 cm³/mol. The van der Waals surface area contributed by atoms with Crippen LogP contribution in [0.3, 0.4) is 0 Å². The molecule has 0 aliphatic heterocycles. The molecule has 0 saturated heterocycles. The monoisotopic (exact) mass is 1880 g/mol. The molecular formula is C116H96N12O10S2. The Hall–Kier alpha value is -16.7. The highest BCUT2D eigenvalue weighted by molar-refractivity contribution is 7.26. The zero-order chi connectivity index (χ0) is 95.7. The van der Waals surface area contributed by atoms with Crippen LogP contribution in [0.15, 0.2) is 324 Å². The number of unbranched alkanes of at least 4 members (excludes halogenated alkanes) is 2. The zero-order valence-corrected chi connectivity index (χ0v) is 79.3. The van der Waals surface area contributed by atoms with Crippen LogP contribution in [0.25, 0.3) is 208 Å². The summed E-state index contributed by atoms with van der Waals surface area (Å²) in [5, 5.41) is 55.0. The highest BCUT2D eigenvalue weighted by atomic mass is 32.1. The lowest BCUT2D eigenvalue weighted by Gasteiger charge is -2.16. The average molecular weight is 1880 g/mol. The Bertz CT molecular complexity index is 8500. The summed E-state index contributed by atoms with van der Waals surface area (Å²) < 4.78 is 40.6. The van der Waals surface area contributed by atoms with Gasteiger partial charge in [0, 0.05) is 84.1 Å². The molecule has 2 atom stereocenters. The van der Waals surface area contributed by atoms with Gasteiger partial charge in [0.2, 0.25) is 0 Å². The van der Waals surface area contributed by atoms with E-state index in [4.69, 9.17) is 42.7 Å². The van der Waals surface area contributed by atoms with E-state index < -0.39 is 0 Å². The van der Waals surface area contributed by atoms with Gasteiger partial charge in [0.1, 0.15) is 45.3 Å². The Morgan fingerprint density at radius 2 is 0.636 bits per heavy atom. The molecular weight excluding hydrogens is 1790 g/mol. The molecule has 2 unspecified atom stereocenters. The second-order valence-corrected chi connectivity index (χ2v) is 36.3. The second kappa shape index (κ2) is 41.1. The molecule has 22 nitrogen and oxygen atoms in total. The van der Waals surface area contributed by atoms with Crippen LogP contribution in [0.1, 0.15) is 79.1 Å². The van der Waals surface area contributed by atoms with E-state index in [1.54, 1.807) is 95.5 Å². The maximum Gasteiger partial charge on any atom is 0.320 e. The number of benzene rings is 15. The summed E-state index contributed by atoms with van der Waals surface area (Å²) in [7, 11) is 3.03. The molecule has 692 valence electrons. The fourth-order valence-electron chi connectivity index (χ4n) is 17.5. The molecule has 0 amide bonds. The SMILES string of the molecule is CCCCC(CC)COc1nc(-c2ccc3c(c2)oc2cc4ccccc4cc23)nc(-c2ccccc2O)n1.CCCCC(CC)COc1nc(-c2ccccc2O)nc(-c2cc3oc4cc(-c5ccccc5)ccc4c3c3ccccc23)n1.COc1nc(-c2ccc3c(c2)sc2ccccc23)nc(-c2ccccc2O)n1.COc1nc(-c2ccc3sc4ccccc4c3c2)nc(-c2ccccc2O)n1. The number of aromatic nitrogens is 12. The molecule has 0 aliphatic carbocycles. The van der Waals surface area contributed by atoms with Crippen molar-refractivity contribution in [1.29, 1.82) is 0 Å². The molecule has 0 spiro atoms. The smallest absolute Gasteiger partial charge is 0.320 e. The van der Waals surface area contributed by atoms with Crippen molar-refractivity contribution in [3.05, 3.63) is 315 Å². The summed E-state index contributed by atoms with van der Waals surface area (Å²) in [6, 6.07) is 104. The van der Waals surface area contributed by atoms with Crippen molar-refractivity contribution in [2.75, 3.05) is 27.4 Å². The normalized spacial score (nSPS) is 11.8. The number of nitrogens with zero attached hydrogens (tertiary/aromatic N) is 12. The summed E-state index contributed by atoms with van der Waals surface area (Å²) in [5.41, 5.74) is 10.9. The van der Waals surface area contributed by atoms with Crippen LogP contribution >= 0.6 is 22.7 Å². The van der Waals surface area contributed by atoms with E-state index in [0.717, 1.165) is 138 Å². The van der Waals surface area contributed by atoms with E-state index in [1.165, 1.54) is 66.4 Å². The van der Waals surface area contributed by atoms with Crippen molar-refractivity contribution >= 4 is 128 Å². The van der Waals surface area contributed by atoms with E-state index in [-0.39, 0.29) is 47.0 Å². The maximum atomic E-state index is 10.7. The predicted octanol–water partition coefficient (Wildman–Crippen LogP) is 29.4. The third-order valence-electron chi connectivity index (χ3n) is 25.1. The third kappa shape index (κ3) is 19.3. The van der Waals surface area contributed by atoms with Crippen LogP contribution < -0.4 is 18.9 Å². The van der Waals surface area contributed by atoms with Gasteiger partial charge in [-0.15, -0.1) is 22.7 Å². The summed E-state index contributed by atoms with van der Waals surface area (Å²) in [4.78, 5) is 55.0. The zero-order valence-electron chi connectivity index (χ0n) is 77.7. The van der Waals surface area contributed by atoms with Crippen LogP contribution in [0.5, 0.6) is 47.0 Å². The van der Waals surface area contributed by atoms with Crippen molar-refractivity contribution in [2.24, 2.45) is 11.8 Å². The first-order valence-electron chi connectivity index (χ1n) is 46.8. The maximum absolute atomic E-state index is 10.7. The molecule has 0 fully saturated rings. The van der Waals surface area contributed by atoms with Crippen molar-refractivity contribution in [3.8, 4) is 149 Å². The van der Waals surface area contributed by atoms with Gasteiger partial charge in [-0.25, -0.2) is 19.9 Å². The third-order valence-corrected chi connectivity index (χ3v) is 27.4. The van der Waals surface area contributed by atoms with Gasteiger partial charge in [0.15, 0.2) is 46.6 Å². The number of thiophene rings is 2. The summed E-state index contributed by atoms with van der Waals surface area (Å²) in [5.74, 6) is 4.67. The van der Waals surface area contributed by atoms with E-state index in [2.05, 4.69) is 194 Å². The number of ether oxygens (including phenoxy) is 4. The van der Waals surface area contributed by atoms with Crippen LogP contribution in [-0.2, 0) is 0 Å². The number of furan rings is 2. The van der Waals surface area contributed by atoms with Crippen LogP contribution in [0.4, 0.5) is 0 Å². The minimum atomic E-state index is 0.0989. The van der Waals surface area contributed by atoms with Gasteiger partial charge in [0.25, 0.3) is 0 Å². The van der Waals surface area contributed by atoms with Crippen molar-refractivity contribution < 1.29 is 48.2 Å². The van der Waals surface area contributed by atoms with Gasteiger partial charge in [-0.3, -0.25) is 0 Å². The second-order valence-electron chi connectivity index (χ2n) is 34.1.